The Hall–Kier alpha value is -1.12. The van der Waals surface area contributed by atoms with Crippen molar-refractivity contribution in [3.05, 3.63) is 47.5 Å². The van der Waals surface area contributed by atoms with E-state index in [9.17, 15) is 0 Å². The standard InChI is InChI=1S/C21H30N2/c1-2-17-3-5-18(6-4-17)15-22-9-11-23(12-10-22)16-21-14-19-7-8-20(21)13-19/h3-8,19-21H,2,9-16H2,1H3/t19-,20+,21-/m0/s1. The zero-order chi connectivity index (χ0) is 15.6. The lowest BCUT2D eigenvalue weighted by Gasteiger charge is -2.37. The van der Waals surface area contributed by atoms with Crippen LogP contribution in [0.5, 0.6) is 0 Å². The number of hydrogen-bond acceptors (Lipinski definition) is 2. The molecule has 1 heterocycles. The van der Waals surface area contributed by atoms with Gasteiger partial charge in [0.15, 0.2) is 0 Å². The second kappa shape index (κ2) is 6.78. The van der Waals surface area contributed by atoms with Gasteiger partial charge in [-0.25, -0.2) is 0 Å². The lowest BCUT2D eigenvalue weighted by Crippen LogP contribution is -2.47. The Morgan fingerprint density at radius 2 is 1.57 bits per heavy atom. The van der Waals surface area contributed by atoms with Crippen LogP contribution in [0.3, 0.4) is 0 Å². The molecule has 0 unspecified atom stereocenters. The Labute approximate surface area is 141 Å². The summed E-state index contributed by atoms with van der Waals surface area (Å²) in [5.41, 5.74) is 2.91. The number of fused-ring (bicyclic) bond motifs is 2. The second-order valence-electron chi connectivity index (χ2n) is 7.79. The minimum Gasteiger partial charge on any atom is -0.300 e. The molecular formula is C21H30N2. The Bertz CT molecular complexity index is 539. The summed E-state index contributed by atoms with van der Waals surface area (Å²) < 4.78 is 0. The number of allylic oxidation sites excluding steroid dienone is 2. The maximum Gasteiger partial charge on any atom is 0.0234 e. The van der Waals surface area contributed by atoms with Crippen molar-refractivity contribution in [2.24, 2.45) is 17.8 Å². The molecule has 3 aliphatic rings. The minimum atomic E-state index is 0.898. The van der Waals surface area contributed by atoms with E-state index in [0.717, 1.165) is 30.7 Å². The average Bonchev–Trinajstić information content (AvgIpc) is 3.20. The molecule has 1 aliphatic heterocycles. The quantitative estimate of drug-likeness (QED) is 0.767. The van der Waals surface area contributed by atoms with Crippen LogP contribution in [0, 0.1) is 17.8 Å². The Kier molecular flexibility index (Phi) is 4.54. The summed E-state index contributed by atoms with van der Waals surface area (Å²) in [5.74, 6) is 2.76. The highest BCUT2D eigenvalue weighted by molar-refractivity contribution is 5.22. The molecule has 2 nitrogen and oxygen atoms in total. The van der Waals surface area contributed by atoms with Crippen molar-refractivity contribution in [2.75, 3.05) is 32.7 Å². The van der Waals surface area contributed by atoms with Crippen molar-refractivity contribution in [3.63, 3.8) is 0 Å². The molecule has 124 valence electrons. The largest absolute Gasteiger partial charge is 0.300 e. The van der Waals surface area contributed by atoms with Gasteiger partial charge in [0.1, 0.15) is 0 Å². The predicted molar refractivity (Wildman–Crippen MR) is 96.4 cm³/mol. The predicted octanol–water partition coefficient (Wildman–Crippen LogP) is 3.58. The first-order valence-corrected chi connectivity index (χ1v) is 9.51. The molecule has 4 rings (SSSR count). The van der Waals surface area contributed by atoms with Crippen LogP contribution in [0.15, 0.2) is 36.4 Å². The fourth-order valence-electron chi connectivity index (χ4n) is 4.70. The summed E-state index contributed by atoms with van der Waals surface area (Å²) >= 11 is 0. The summed E-state index contributed by atoms with van der Waals surface area (Å²) in [6.07, 6.45) is 8.98. The molecule has 2 aliphatic carbocycles. The molecule has 2 fully saturated rings. The topological polar surface area (TPSA) is 6.48 Å². The third kappa shape index (κ3) is 3.54. The van der Waals surface area contributed by atoms with E-state index in [4.69, 9.17) is 0 Å². The first kappa shape index (κ1) is 15.4. The Morgan fingerprint density at radius 1 is 0.870 bits per heavy atom. The van der Waals surface area contributed by atoms with Crippen molar-refractivity contribution in [1.82, 2.24) is 9.80 Å². The molecule has 3 atom stereocenters. The third-order valence-corrected chi connectivity index (χ3v) is 6.21. The van der Waals surface area contributed by atoms with Crippen molar-refractivity contribution in [1.29, 1.82) is 0 Å². The van der Waals surface area contributed by atoms with E-state index in [0.29, 0.717) is 0 Å². The van der Waals surface area contributed by atoms with E-state index in [1.807, 2.05) is 0 Å². The highest BCUT2D eigenvalue weighted by Gasteiger charge is 2.36. The molecule has 2 bridgehead atoms. The third-order valence-electron chi connectivity index (χ3n) is 6.21. The molecule has 0 N–H and O–H groups in total. The zero-order valence-electron chi connectivity index (χ0n) is 14.5. The number of aryl methyl sites for hydroxylation is 1. The van der Waals surface area contributed by atoms with E-state index in [-0.39, 0.29) is 0 Å². The van der Waals surface area contributed by atoms with Crippen molar-refractivity contribution >= 4 is 0 Å². The van der Waals surface area contributed by atoms with Gasteiger partial charge in [0, 0.05) is 39.3 Å². The Morgan fingerprint density at radius 3 is 2.17 bits per heavy atom. The van der Waals surface area contributed by atoms with Crippen LogP contribution in [-0.2, 0) is 13.0 Å². The summed E-state index contributed by atoms with van der Waals surface area (Å²) in [7, 11) is 0. The van der Waals surface area contributed by atoms with Gasteiger partial charge in [0.25, 0.3) is 0 Å². The molecule has 0 amide bonds. The van der Waals surface area contributed by atoms with Crippen LogP contribution in [0.25, 0.3) is 0 Å². The van der Waals surface area contributed by atoms with Gasteiger partial charge in [-0.3, -0.25) is 4.90 Å². The fraction of sp³-hybridized carbons (Fsp3) is 0.619. The maximum atomic E-state index is 2.72. The molecule has 0 radical (unpaired) electrons. The van der Waals surface area contributed by atoms with Gasteiger partial charge in [-0.15, -0.1) is 0 Å². The average molecular weight is 310 g/mol. The smallest absolute Gasteiger partial charge is 0.0234 e. The number of hydrogen-bond donors (Lipinski definition) is 0. The normalized spacial score (nSPS) is 31.1. The summed E-state index contributed by atoms with van der Waals surface area (Å²) in [6, 6.07) is 9.20. The van der Waals surface area contributed by atoms with E-state index in [2.05, 4.69) is 53.1 Å². The van der Waals surface area contributed by atoms with Gasteiger partial charge in [0.2, 0.25) is 0 Å². The maximum absolute atomic E-state index is 2.72. The summed E-state index contributed by atoms with van der Waals surface area (Å²) in [6.45, 7) is 9.65. The Balaban J connectivity index is 1.23. The molecule has 0 aromatic heterocycles. The van der Waals surface area contributed by atoms with Crippen LogP contribution in [-0.4, -0.2) is 42.5 Å². The molecular weight excluding hydrogens is 280 g/mol. The van der Waals surface area contributed by atoms with Crippen LogP contribution < -0.4 is 0 Å². The van der Waals surface area contributed by atoms with Crippen LogP contribution in [0.1, 0.15) is 30.9 Å². The number of benzene rings is 1. The second-order valence-corrected chi connectivity index (χ2v) is 7.79. The van der Waals surface area contributed by atoms with Gasteiger partial charge in [-0.05, 0) is 48.1 Å². The van der Waals surface area contributed by atoms with Gasteiger partial charge >= 0.3 is 0 Å². The molecule has 1 aromatic rings. The molecule has 1 saturated heterocycles. The van der Waals surface area contributed by atoms with Gasteiger partial charge in [0.05, 0.1) is 0 Å². The highest BCUT2D eigenvalue weighted by Crippen LogP contribution is 2.43. The van der Waals surface area contributed by atoms with Gasteiger partial charge in [-0.1, -0.05) is 43.3 Å². The van der Waals surface area contributed by atoms with Crippen LogP contribution in [0.2, 0.25) is 0 Å². The molecule has 1 aromatic carbocycles. The van der Waals surface area contributed by atoms with Crippen molar-refractivity contribution in [2.45, 2.75) is 32.7 Å². The monoisotopic (exact) mass is 310 g/mol. The van der Waals surface area contributed by atoms with E-state index in [1.165, 1.54) is 56.7 Å². The van der Waals surface area contributed by atoms with E-state index >= 15 is 0 Å². The molecule has 2 heteroatoms. The molecule has 0 spiro atoms. The fourth-order valence-corrected chi connectivity index (χ4v) is 4.70. The summed E-state index contributed by atoms with van der Waals surface area (Å²) in [5, 5.41) is 0. The van der Waals surface area contributed by atoms with Crippen LogP contribution in [0.4, 0.5) is 0 Å². The lowest BCUT2D eigenvalue weighted by molar-refractivity contribution is 0.108. The summed E-state index contributed by atoms with van der Waals surface area (Å²) in [4.78, 5) is 5.34. The SMILES string of the molecule is CCc1ccc(CN2CCN(C[C@@H]3C[C@H]4C=C[C@@H]3C4)CC2)cc1. The minimum absolute atomic E-state index is 0.898. The van der Waals surface area contributed by atoms with Gasteiger partial charge < -0.3 is 4.90 Å². The lowest BCUT2D eigenvalue weighted by atomic mass is 9.93. The highest BCUT2D eigenvalue weighted by atomic mass is 15.3. The van der Waals surface area contributed by atoms with Crippen molar-refractivity contribution < 1.29 is 0 Å². The molecule has 23 heavy (non-hydrogen) atoms. The number of piperazine rings is 1. The first-order chi connectivity index (χ1) is 11.3. The van der Waals surface area contributed by atoms with Gasteiger partial charge in [-0.2, -0.15) is 0 Å². The first-order valence-electron chi connectivity index (χ1n) is 9.51. The van der Waals surface area contributed by atoms with E-state index < -0.39 is 0 Å². The zero-order valence-corrected chi connectivity index (χ0v) is 14.5. The van der Waals surface area contributed by atoms with Crippen LogP contribution >= 0.6 is 0 Å². The number of nitrogens with zero attached hydrogens (tertiary/aromatic N) is 2. The van der Waals surface area contributed by atoms with E-state index in [1.54, 1.807) is 0 Å². The number of rotatable bonds is 5. The molecule has 1 saturated carbocycles. The van der Waals surface area contributed by atoms with Crippen molar-refractivity contribution in [3.8, 4) is 0 Å².